The Morgan fingerprint density at radius 2 is 1.93 bits per heavy atom. The molecule has 3 aromatic rings. The van der Waals surface area contributed by atoms with Crippen molar-refractivity contribution in [3.05, 3.63) is 52.1 Å². The minimum Gasteiger partial charge on any atom is -0.433 e. The lowest BCUT2D eigenvalue weighted by molar-refractivity contribution is 0.345. The second-order valence-electron chi connectivity index (χ2n) is 6.61. The number of nitrogens with one attached hydrogen (secondary N) is 1. The van der Waals surface area contributed by atoms with Crippen LogP contribution in [0.5, 0.6) is 0 Å². The van der Waals surface area contributed by atoms with Gasteiger partial charge in [-0.15, -0.1) is 0 Å². The largest absolute Gasteiger partial charge is 0.433 e. The fourth-order valence-corrected chi connectivity index (χ4v) is 4.80. The summed E-state index contributed by atoms with van der Waals surface area (Å²) in [6.45, 7) is 1.97. The lowest BCUT2D eigenvalue weighted by Gasteiger charge is -2.19. The molecule has 1 N–H and O–H groups in total. The van der Waals surface area contributed by atoms with E-state index in [0.29, 0.717) is 5.92 Å². The van der Waals surface area contributed by atoms with Crippen LogP contribution in [0.3, 0.4) is 0 Å². The van der Waals surface area contributed by atoms with Crippen molar-refractivity contribution >= 4 is 45.2 Å². The summed E-state index contributed by atoms with van der Waals surface area (Å²) in [7, 11) is -0.998. The number of hydrogen-bond acceptors (Lipinski definition) is 6. The minimum atomic E-state index is -0.998. The van der Waals surface area contributed by atoms with Crippen molar-refractivity contribution in [1.82, 2.24) is 15.3 Å². The van der Waals surface area contributed by atoms with Gasteiger partial charge in [0.2, 0.25) is 0 Å². The molecule has 2 aromatic heterocycles. The number of rotatable bonds is 5. The summed E-state index contributed by atoms with van der Waals surface area (Å²) in [4.78, 5) is 10.2. The molecule has 1 saturated heterocycles. The van der Waals surface area contributed by atoms with Gasteiger partial charge in [0.25, 0.3) is 0 Å². The van der Waals surface area contributed by atoms with Gasteiger partial charge in [-0.1, -0.05) is 12.1 Å². The molecule has 0 saturated carbocycles. The van der Waals surface area contributed by atoms with Gasteiger partial charge in [0.1, 0.15) is 10.7 Å². The van der Waals surface area contributed by atoms with E-state index in [1.165, 1.54) is 11.8 Å². The summed E-state index contributed by atoms with van der Waals surface area (Å²) in [5.74, 6) is 1.13. The first kappa shape index (κ1) is 20.1. The molecule has 3 heterocycles. The van der Waals surface area contributed by atoms with Crippen LogP contribution in [-0.2, 0) is 10.8 Å². The second-order valence-corrected chi connectivity index (χ2v) is 10.2. The summed E-state index contributed by atoms with van der Waals surface area (Å²) in [6.07, 6.45) is 5.58. The summed E-state index contributed by atoms with van der Waals surface area (Å²) >= 11 is 3.74. The van der Waals surface area contributed by atoms with Crippen LogP contribution in [0.1, 0.15) is 24.7 Å². The van der Waals surface area contributed by atoms with Gasteiger partial charge < -0.3 is 9.73 Å². The smallest absolute Gasteiger partial charge is 0.199 e. The van der Waals surface area contributed by atoms with Crippen molar-refractivity contribution in [1.29, 1.82) is 0 Å². The van der Waals surface area contributed by atoms with E-state index in [4.69, 9.17) is 9.40 Å². The Labute approximate surface area is 184 Å². The second kappa shape index (κ2) is 9.06. The first-order valence-electron chi connectivity index (χ1n) is 9.05. The molecule has 0 amide bonds. The number of piperidine rings is 1. The number of oxazole rings is 1. The Morgan fingerprint density at radius 1 is 1.18 bits per heavy atom. The van der Waals surface area contributed by atoms with Crippen molar-refractivity contribution in [3.8, 4) is 11.3 Å². The normalized spacial score (nSPS) is 16.2. The van der Waals surface area contributed by atoms with E-state index in [0.717, 1.165) is 61.7 Å². The molecule has 5 nitrogen and oxygen atoms in total. The quantitative estimate of drug-likeness (QED) is 0.488. The number of aromatic nitrogens is 2. The molecule has 0 bridgehead atoms. The first-order chi connectivity index (χ1) is 13.6. The predicted octanol–water partition coefficient (Wildman–Crippen LogP) is 4.70. The highest BCUT2D eigenvalue weighted by atomic mass is 127. The van der Waals surface area contributed by atoms with Crippen LogP contribution in [0, 0.1) is 3.57 Å². The van der Waals surface area contributed by atoms with Gasteiger partial charge in [-0.3, -0.25) is 4.21 Å². The maximum absolute atomic E-state index is 11.7. The van der Waals surface area contributed by atoms with Gasteiger partial charge in [-0.25, -0.2) is 9.97 Å². The fraction of sp³-hybridized carbons (Fsp3) is 0.300. The predicted molar refractivity (Wildman–Crippen MR) is 120 cm³/mol. The lowest BCUT2D eigenvalue weighted by Crippen LogP contribution is -2.26. The molecule has 146 valence electrons. The summed E-state index contributed by atoms with van der Waals surface area (Å²) in [5, 5.41) is 5.02. The molecule has 1 aromatic carbocycles. The van der Waals surface area contributed by atoms with Crippen LogP contribution >= 0.6 is 34.4 Å². The van der Waals surface area contributed by atoms with E-state index in [2.05, 4.69) is 32.9 Å². The Bertz CT molecular complexity index is 968. The van der Waals surface area contributed by atoms with Crippen LogP contribution in [0.4, 0.5) is 0 Å². The molecule has 1 aliphatic heterocycles. The summed E-state index contributed by atoms with van der Waals surface area (Å²) < 4.78 is 19.0. The standard InChI is InChI=1S/C20H20IN3O2S2/c1-28(25)16-5-2-13(3-6-16)18-20(27-17-7-4-15(21)12-23-17)26-19(24-18)14-8-10-22-11-9-14/h2-7,12,14,22H,8-11H2,1H3. The Balaban J connectivity index is 1.70. The average Bonchev–Trinajstić information content (AvgIpc) is 3.14. The van der Waals surface area contributed by atoms with Crippen LogP contribution in [0.25, 0.3) is 11.3 Å². The molecule has 0 aliphatic carbocycles. The van der Waals surface area contributed by atoms with E-state index >= 15 is 0 Å². The zero-order valence-corrected chi connectivity index (χ0v) is 19.1. The monoisotopic (exact) mass is 525 g/mol. The molecule has 1 fully saturated rings. The zero-order valence-electron chi connectivity index (χ0n) is 15.4. The van der Waals surface area contributed by atoms with Gasteiger partial charge >= 0.3 is 0 Å². The Hall–Kier alpha value is -1.23. The van der Waals surface area contributed by atoms with Crippen molar-refractivity contribution in [3.63, 3.8) is 0 Å². The molecule has 4 rings (SSSR count). The van der Waals surface area contributed by atoms with Gasteiger partial charge in [0.05, 0.1) is 0 Å². The average molecular weight is 525 g/mol. The van der Waals surface area contributed by atoms with Crippen LogP contribution < -0.4 is 5.32 Å². The van der Waals surface area contributed by atoms with Gasteiger partial charge in [0, 0.05) is 43.2 Å². The number of halogens is 1. The maximum Gasteiger partial charge on any atom is 0.199 e. The molecular weight excluding hydrogens is 505 g/mol. The third-order valence-corrected chi connectivity index (χ3v) is 7.15. The first-order valence-corrected chi connectivity index (χ1v) is 12.5. The van der Waals surface area contributed by atoms with Crippen LogP contribution in [0.15, 0.2) is 62.0 Å². The Kier molecular flexibility index (Phi) is 6.49. The number of hydrogen-bond donors (Lipinski definition) is 1. The zero-order chi connectivity index (χ0) is 19.5. The highest BCUT2D eigenvalue weighted by molar-refractivity contribution is 14.1. The fourth-order valence-electron chi connectivity index (χ4n) is 3.14. The molecule has 0 radical (unpaired) electrons. The lowest BCUT2D eigenvalue weighted by atomic mass is 9.98. The number of nitrogens with zero attached hydrogens (tertiary/aromatic N) is 2. The van der Waals surface area contributed by atoms with Gasteiger partial charge in [-0.05, 0) is 84.5 Å². The molecular formula is C20H20IN3O2S2. The van der Waals surface area contributed by atoms with Gasteiger partial charge in [-0.2, -0.15) is 0 Å². The number of benzene rings is 1. The highest BCUT2D eigenvalue weighted by Gasteiger charge is 2.24. The van der Waals surface area contributed by atoms with E-state index in [-0.39, 0.29) is 0 Å². The molecule has 1 atom stereocenters. The highest BCUT2D eigenvalue weighted by Crippen LogP contribution is 2.39. The molecule has 1 unspecified atom stereocenters. The Morgan fingerprint density at radius 3 is 2.57 bits per heavy atom. The van der Waals surface area contributed by atoms with Crippen molar-refractivity contribution in [2.75, 3.05) is 19.3 Å². The topological polar surface area (TPSA) is 68.0 Å². The van der Waals surface area contributed by atoms with E-state index < -0.39 is 10.8 Å². The summed E-state index contributed by atoms with van der Waals surface area (Å²) in [6, 6.07) is 11.7. The summed E-state index contributed by atoms with van der Waals surface area (Å²) in [5.41, 5.74) is 1.79. The third-order valence-electron chi connectivity index (χ3n) is 4.66. The van der Waals surface area contributed by atoms with Crippen molar-refractivity contribution in [2.24, 2.45) is 0 Å². The minimum absolute atomic E-state index is 0.335. The molecule has 8 heteroatoms. The van der Waals surface area contributed by atoms with Crippen molar-refractivity contribution < 1.29 is 8.63 Å². The van der Waals surface area contributed by atoms with E-state index in [9.17, 15) is 4.21 Å². The molecule has 0 spiro atoms. The van der Waals surface area contributed by atoms with E-state index in [1.807, 2.05) is 42.6 Å². The van der Waals surface area contributed by atoms with Crippen LogP contribution in [0.2, 0.25) is 0 Å². The maximum atomic E-state index is 11.7. The van der Waals surface area contributed by atoms with E-state index in [1.54, 1.807) is 6.26 Å². The third kappa shape index (κ3) is 4.67. The number of pyridine rings is 1. The SMILES string of the molecule is CS(=O)c1ccc(-c2nc(C3CCNCC3)oc2Sc2ccc(I)cn2)cc1. The van der Waals surface area contributed by atoms with Crippen LogP contribution in [-0.4, -0.2) is 33.5 Å². The molecule has 1 aliphatic rings. The van der Waals surface area contributed by atoms with Crippen molar-refractivity contribution in [2.45, 2.75) is 33.8 Å². The molecule has 28 heavy (non-hydrogen) atoms. The van der Waals surface area contributed by atoms with Gasteiger partial charge in [0.15, 0.2) is 11.0 Å².